The average Bonchev–Trinajstić information content (AvgIpc) is 2.00. The molecule has 0 aromatic rings. The van der Waals surface area contributed by atoms with E-state index in [0.29, 0.717) is 11.5 Å². The minimum atomic E-state index is 0.351. The second-order valence-corrected chi connectivity index (χ2v) is 4.05. The van der Waals surface area contributed by atoms with Crippen LogP contribution in [-0.2, 0) is 4.74 Å². The van der Waals surface area contributed by atoms with E-state index in [1.807, 2.05) is 0 Å². The Morgan fingerprint density at radius 1 is 1.27 bits per heavy atom. The second kappa shape index (κ2) is 4.76. The van der Waals surface area contributed by atoms with E-state index in [1.165, 1.54) is 6.42 Å². The summed E-state index contributed by atoms with van der Waals surface area (Å²) >= 11 is 0. The van der Waals surface area contributed by atoms with Crippen LogP contribution in [0.25, 0.3) is 0 Å². The van der Waals surface area contributed by atoms with Crippen molar-refractivity contribution in [3.63, 3.8) is 0 Å². The van der Waals surface area contributed by atoms with Gasteiger partial charge in [0.25, 0.3) is 0 Å². The first-order valence-corrected chi connectivity index (χ1v) is 4.63. The highest BCUT2D eigenvalue weighted by atomic mass is 16.5. The third kappa shape index (κ3) is 5.25. The molecule has 0 aromatic carbocycles. The van der Waals surface area contributed by atoms with Crippen LogP contribution in [0.1, 0.15) is 47.5 Å². The minimum absolute atomic E-state index is 0.351. The van der Waals surface area contributed by atoms with E-state index in [1.54, 1.807) is 0 Å². The van der Waals surface area contributed by atoms with Crippen molar-refractivity contribution in [1.29, 1.82) is 0 Å². The molecular weight excluding hydrogens is 136 g/mol. The first-order chi connectivity index (χ1) is 5.02. The standard InChI is InChI=1S/C10H22O/c1-6-9(3)11-8-10(4,5)7-2/h9H,6-8H2,1-5H3. The molecule has 0 radical (unpaired) electrons. The molecule has 0 amide bonds. The van der Waals surface area contributed by atoms with Crippen LogP contribution in [0.2, 0.25) is 0 Å². The SMILES string of the molecule is CCC(C)OCC(C)(C)CC. The largest absolute Gasteiger partial charge is 0.378 e. The van der Waals surface area contributed by atoms with Crippen LogP contribution in [0.4, 0.5) is 0 Å². The van der Waals surface area contributed by atoms with Crippen molar-refractivity contribution in [3.05, 3.63) is 0 Å². The van der Waals surface area contributed by atoms with Gasteiger partial charge in [-0.3, -0.25) is 0 Å². The maximum Gasteiger partial charge on any atom is 0.0544 e. The van der Waals surface area contributed by atoms with E-state index in [2.05, 4.69) is 34.6 Å². The highest BCUT2D eigenvalue weighted by molar-refractivity contribution is 4.65. The molecule has 1 unspecified atom stereocenters. The Morgan fingerprint density at radius 3 is 2.18 bits per heavy atom. The zero-order valence-corrected chi connectivity index (χ0v) is 8.61. The molecule has 0 spiro atoms. The van der Waals surface area contributed by atoms with Gasteiger partial charge in [0.1, 0.15) is 0 Å². The molecule has 0 N–H and O–H groups in total. The van der Waals surface area contributed by atoms with Crippen LogP contribution in [0, 0.1) is 5.41 Å². The third-order valence-corrected chi connectivity index (χ3v) is 2.29. The van der Waals surface area contributed by atoms with Gasteiger partial charge in [-0.1, -0.05) is 27.7 Å². The van der Waals surface area contributed by atoms with Gasteiger partial charge in [-0.05, 0) is 25.2 Å². The van der Waals surface area contributed by atoms with Crippen molar-refractivity contribution < 1.29 is 4.74 Å². The molecule has 1 heteroatoms. The van der Waals surface area contributed by atoms with Crippen LogP contribution < -0.4 is 0 Å². The highest BCUT2D eigenvalue weighted by Crippen LogP contribution is 2.20. The lowest BCUT2D eigenvalue weighted by atomic mass is 9.92. The Hall–Kier alpha value is -0.0400. The fourth-order valence-electron chi connectivity index (χ4n) is 0.588. The van der Waals surface area contributed by atoms with Crippen molar-refractivity contribution in [2.75, 3.05) is 6.61 Å². The summed E-state index contributed by atoms with van der Waals surface area (Å²) in [6.45, 7) is 11.9. The fraction of sp³-hybridized carbons (Fsp3) is 1.00. The monoisotopic (exact) mass is 158 g/mol. The molecule has 1 nitrogen and oxygen atoms in total. The van der Waals surface area contributed by atoms with E-state index in [-0.39, 0.29) is 0 Å². The lowest BCUT2D eigenvalue weighted by Crippen LogP contribution is -2.21. The summed E-state index contributed by atoms with van der Waals surface area (Å²) < 4.78 is 5.65. The lowest BCUT2D eigenvalue weighted by molar-refractivity contribution is 0.00929. The predicted molar refractivity (Wildman–Crippen MR) is 49.8 cm³/mol. The van der Waals surface area contributed by atoms with Crippen LogP contribution in [0.5, 0.6) is 0 Å². The molecule has 1 atom stereocenters. The Morgan fingerprint density at radius 2 is 1.82 bits per heavy atom. The first-order valence-electron chi connectivity index (χ1n) is 4.63. The van der Waals surface area contributed by atoms with Crippen LogP contribution >= 0.6 is 0 Å². The van der Waals surface area contributed by atoms with Crippen LogP contribution in [0.3, 0.4) is 0 Å². The summed E-state index contributed by atoms with van der Waals surface area (Å²) in [4.78, 5) is 0. The summed E-state index contributed by atoms with van der Waals surface area (Å²) in [5.74, 6) is 0. The van der Waals surface area contributed by atoms with Crippen molar-refractivity contribution in [2.24, 2.45) is 5.41 Å². The molecule has 0 aliphatic rings. The summed E-state index contributed by atoms with van der Waals surface area (Å²) in [7, 11) is 0. The number of ether oxygens (including phenoxy) is 1. The number of rotatable bonds is 5. The molecule has 0 rings (SSSR count). The molecule has 68 valence electrons. The number of hydrogen-bond acceptors (Lipinski definition) is 1. The van der Waals surface area contributed by atoms with Gasteiger partial charge in [0.15, 0.2) is 0 Å². The van der Waals surface area contributed by atoms with Gasteiger partial charge in [0.2, 0.25) is 0 Å². The molecule has 0 heterocycles. The molecule has 0 aliphatic carbocycles. The highest BCUT2D eigenvalue weighted by Gasteiger charge is 2.15. The van der Waals surface area contributed by atoms with Gasteiger partial charge < -0.3 is 4.74 Å². The van der Waals surface area contributed by atoms with E-state index in [0.717, 1.165) is 13.0 Å². The lowest BCUT2D eigenvalue weighted by Gasteiger charge is -2.24. The topological polar surface area (TPSA) is 9.23 Å². The van der Waals surface area contributed by atoms with Crippen molar-refractivity contribution >= 4 is 0 Å². The summed E-state index contributed by atoms with van der Waals surface area (Å²) in [5.41, 5.74) is 0.351. The third-order valence-electron chi connectivity index (χ3n) is 2.29. The molecule has 0 aromatic heterocycles. The molecule has 0 saturated heterocycles. The van der Waals surface area contributed by atoms with Crippen LogP contribution in [-0.4, -0.2) is 12.7 Å². The molecule has 0 saturated carbocycles. The first kappa shape index (κ1) is 11.0. The average molecular weight is 158 g/mol. The normalized spacial score (nSPS) is 15.0. The Kier molecular flexibility index (Phi) is 4.74. The maximum atomic E-state index is 5.65. The summed E-state index contributed by atoms with van der Waals surface area (Å²) in [6, 6.07) is 0. The molecule has 0 fully saturated rings. The van der Waals surface area contributed by atoms with Gasteiger partial charge in [-0.2, -0.15) is 0 Å². The van der Waals surface area contributed by atoms with Crippen LogP contribution in [0.15, 0.2) is 0 Å². The van der Waals surface area contributed by atoms with E-state index in [4.69, 9.17) is 4.74 Å². The maximum absolute atomic E-state index is 5.65. The molecule has 0 bridgehead atoms. The van der Waals surface area contributed by atoms with Crippen molar-refractivity contribution in [2.45, 2.75) is 53.6 Å². The Bertz CT molecular complexity index is 97.0. The molecule has 0 aliphatic heterocycles. The van der Waals surface area contributed by atoms with Crippen molar-refractivity contribution in [3.8, 4) is 0 Å². The predicted octanol–water partition coefficient (Wildman–Crippen LogP) is 3.24. The fourth-order valence-corrected chi connectivity index (χ4v) is 0.588. The van der Waals surface area contributed by atoms with E-state index in [9.17, 15) is 0 Å². The van der Waals surface area contributed by atoms with Gasteiger partial charge in [-0.25, -0.2) is 0 Å². The second-order valence-electron chi connectivity index (χ2n) is 4.05. The van der Waals surface area contributed by atoms with Gasteiger partial charge >= 0.3 is 0 Å². The Balaban J connectivity index is 3.52. The summed E-state index contributed by atoms with van der Waals surface area (Å²) in [5, 5.41) is 0. The van der Waals surface area contributed by atoms with Crippen molar-refractivity contribution in [1.82, 2.24) is 0 Å². The zero-order chi connectivity index (χ0) is 8.91. The molecular formula is C10H22O. The zero-order valence-electron chi connectivity index (χ0n) is 8.61. The smallest absolute Gasteiger partial charge is 0.0544 e. The van der Waals surface area contributed by atoms with Gasteiger partial charge in [0, 0.05) is 0 Å². The van der Waals surface area contributed by atoms with E-state index < -0.39 is 0 Å². The quantitative estimate of drug-likeness (QED) is 0.597. The Labute approximate surface area is 71.1 Å². The molecule has 11 heavy (non-hydrogen) atoms. The van der Waals surface area contributed by atoms with Gasteiger partial charge in [0.05, 0.1) is 12.7 Å². The summed E-state index contributed by atoms with van der Waals surface area (Å²) in [6.07, 6.45) is 2.71. The minimum Gasteiger partial charge on any atom is -0.378 e. The van der Waals surface area contributed by atoms with Gasteiger partial charge in [-0.15, -0.1) is 0 Å². The van der Waals surface area contributed by atoms with E-state index >= 15 is 0 Å². The number of hydrogen-bond donors (Lipinski definition) is 0.